The second kappa shape index (κ2) is 6.06. The van der Waals surface area contributed by atoms with Gasteiger partial charge in [0.1, 0.15) is 5.75 Å². The van der Waals surface area contributed by atoms with Crippen molar-refractivity contribution in [2.45, 2.75) is 19.1 Å². The van der Waals surface area contributed by atoms with E-state index in [9.17, 15) is 0 Å². The monoisotopic (exact) mass is 300 g/mol. The van der Waals surface area contributed by atoms with E-state index in [4.69, 9.17) is 9.47 Å². The first kappa shape index (κ1) is 13.7. The molecule has 0 spiro atoms. The van der Waals surface area contributed by atoms with E-state index in [1.807, 2.05) is 22.9 Å². The maximum absolute atomic E-state index is 5.87. The molecule has 116 valence electrons. The summed E-state index contributed by atoms with van der Waals surface area (Å²) in [6.07, 6.45) is 6.02. The van der Waals surface area contributed by atoms with E-state index < -0.39 is 0 Å². The molecule has 1 atom stereocenters. The molecule has 1 N–H and O–H groups in total. The molecule has 2 aliphatic heterocycles. The Balaban J connectivity index is 1.40. The fourth-order valence-electron chi connectivity index (χ4n) is 2.81. The molecular formula is C16H20N4O2. The molecule has 0 bridgehead atoms. The van der Waals surface area contributed by atoms with Gasteiger partial charge in [0.2, 0.25) is 0 Å². The first-order chi connectivity index (χ1) is 10.9. The van der Waals surface area contributed by atoms with Crippen molar-refractivity contribution in [1.29, 1.82) is 0 Å². The van der Waals surface area contributed by atoms with Gasteiger partial charge in [-0.05, 0) is 50.0 Å². The van der Waals surface area contributed by atoms with Gasteiger partial charge in [-0.1, -0.05) is 0 Å². The van der Waals surface area contributed by atoms with Gasteiger partial charge in [0.15, 0.2) is 6.23 Å². The van der Waals surface area contributed by atoms with Crippen LogP contribution >= 0.6 is 0 Å². The summed E-state index contributed by atoms with van der Waals surface area (Å²) >= 11 is 0. The highest BCUT2D eigenvalue weighted by Gasteiger charge is 2.28. The molecule has 2 aromatic rings. The van der Waals surface area contributed by atoms with Gasteiger partial charge in [-0.2, -0.15) is 5.10 Å². The van der Waals surface area contributed by atoms with Crippen molar-refractivity contribution >= 4 is 0 Å². The van der Waals surface area contributed by atoms with Gasteiger partial charge >= 0.3 is 0 Å². The number of piperidine rings is 1. The normalized spacial score (nSPS) is 21.7. The Morgan fingerprint density at radius 3 is 2.86 bits per heavy atom. The predicted octanol–water partition coefficient (Wildman–Crippen LogP) is 1.85. The number of epoxide rings is 1. The summed E-state index contributed by atoms with van der Waals surface area (Å²) in [6, 6.07) is 5.92. The van der Waals surface area contributed by atoms with E-state index in [2.05, 4.69) is 15.4 Å². The van der Waals surface area contributed by atoms with Crippen molar-refractivity contribution in [2.75, 3.05) is 26.3 Å². The molecular weight excluding hydrogens is 280 g/mol. The second-order valence-electron chi connectivity index (χ2n) is 5.83. The number of hydrogen-bond donors (Lipinski definition) is 1. The van der Waals surface area contributed by atoms with E-state index in [0.29, 0.717) is 5.92 Å². The lowest BCUT2D eigenvalue weighted by molar-refractivity contribution is 0.214. The van der Waals surface area contributed by atoms with Crippen LogP contribution in [0.15, 0.2) is 30.6 Å². The largest absolute Gasteiger partial charge is 0.492 e. The highest BCUT2D eigenvalue weighted by molar-refractivity contribution is 5.54. The third kappa shape index (κ3) is 2.98. The molecule has 4 heterocycles. The van der Waals surface area contributed by atoms with Crippen LogP contribution in [-0.4, -0.2) is 41.1 Å². The summed E-state index contributed by atoms with van der Waals surface area (Å²) in [6.45, 7) is 3.69. The molecule has 2 fully saturated rings. The van der Waals surface area contributed by atoms with Crippen molar-refractivity contribution in [3.8, 4) is 17.1 Å². The number of ether oxygens (including phenoxy) is 2. The molecule has 0 amide bonds. The van der Waals surface area contributed by atoms with Crippen LogP contribution in [0.1, 0.15) is 19.1 Å². The van der Waals surface area contributed by atoms with Gasteiger partial charge in [-0.3, -0.25) is 4.98 Å². The summed E-state index contributed by atoms with van der Waals surface area (Å²) in [5, 5.41) is 7.66. The highest BCUT2D eigenvalue weighted by atomic mass is 16.6. The molecule has 0 saturated carbocycles. The van der Waals surface area contributed by atoms with E-state index >= 15 is 0 Å². The Hall–Kier alpha value is -1.92. The SMILES string of the molecule is c1cc(-c2ccc(OCC3CCNCC3)cn2)n(C2CO2)n1. The summed E-state index contributed by atoms with van der Waals surface area (Å²) < 4.78 is 13.0. The quantitative estimate of drug-likeness (QED) is 0.854. The molecule has 22 heavy (non-hydrogen) atoms. The van der Waals surface area contributed by atoms with Gasteiger partial charge < -0.3 is 14.8 Å². The minimum Gasteiger partial charge on any atom is -0.492 e. The van der Waals surface area contributed by atoms with Crippen LogP contribution < -0.4 is 10.1 Å². The summed E-state index contributed by atoms with van der Waals surface area (Å²) in [5.41, 5.74) is 1.87. The van der Waals surface area contributed by atoms with Gasteiger partial charge in [0.05, 0.1) is 30.8 Å². The Bertz CT molecular complexity index is 615. The average molecular weight is 300 g/mol. The lowest BCUT2D eigenvalue weighted by Gasteiger charge is -2.22. The first-order valence-corrected chi connectivity index (χ1v) is 7.85. The third-order valence-corrected chi connectivity index (χ3v) is 4.20. The van der Waals surface area contributed by atoms with Crippen LogP contribution in [0.5, 0.6) is 5.75 Å². The number of nitrogens with one attached hydrogen (secondary N) is 1. The van der Waals surface area contributed by atoms with Crippen molar-refractivity contribution in [3.63, 3.8) is 0 Å². The highest BCUT2D eigenvalue weighted by Crippen LogP contribution is 2.29. The minimum absolute atomic E-state index is 0.0719. The molecule has 6 nitrogen and oxygen atoms in total. The molecule has 6 heteroatoms. The van der Waals surface area contributed by atoms with Crippen LogP contribution in [0.2, 0.25) is 0 Å². The Morgan fingerprint density at radius 1 is 1.27 bits per heavy atom. The maximum Gasteiger partial charge on any atom is 0.174 e. The summed E-state index contributed by atoms with van der Waals surface area (Å²) in [7, 11) is 0. The Morgan fingerprint density at radius 2 is 2.14 bits per heavy atom. The van der Waals surface area contributed by atoms with Gasteiger partial charge in [-0.15, -0.1) is 0 Å². The van der Waals surface area contributed by atoms with Gasteiger partial charge in [-0.25, -0.2) is 4.68 Å². The lowest BCUT2D eigenvalue weighted by Crippen LogP contribution is -2.30. The summed E-state index contributed by atoms with van der Waals surface area (Å²) in [4.78, 5) is 4.50. The van der Waals surface area contributed by atoms with Crippen LogP contribution in [0.25, 0.3) is 11.4 Å². The number of aromatic nitrogens is 3. The average Bonchev–Trinajstić information content (AvgIpc) is 3.31. The Kier molecular flexibility index (Phi) is 3.78. The Labute approximate surface area is 129 Å². The molecule has 1 unspecified atom stereocenters. The number of nitrogens with zero attached hydrogens (tertiary/aromatic N) is 3. The van der Waals surface area contributed by atoms with Crippen LogP contribution in [-0.2, 0) is 4.74 Å². The fraction of sp³-hybridized carbons (Fsp3) is 0.500. The number of pyridine rings is 1. The van der Waals surface area contributed by atoms with Crippen molar-refractivity contribution in [3.05, 3.63) is 30.6 Å². The van der Waals surface area contributed by atoms with Crippen LogP contribution in [0.3, 0.4) is 0 Å². The molecule has 4 rings (SSSR count). The molecule has 0 aromatic carbocycles. The molecule has 2 aliphatic rings. The van der Waals surface area contributed by atoms with Gasteiger partial charge in [0.25, 0.3) is 0 Å². The zero-order valence-corrected chi connectivity index (χ0v) is 12.4. The second-order valence-corrected chi connectivity index (χ2v) is 5.83. The van der Waals surface area contributed by atoms with E-state index in [0.717, 1.165) is 43.4 Å². The molecule has 2 aromatic heterocycles. The number of hydrogen-bond acceptors (Lipinski definition) is 5. The van der Waals surface area contributed by atoms with E-state index in [1.54, 1.807) is 12.4 Å². The zero-order valence-electron chi connectivity index (χ0n) is 12.4. The molecule has 0 aliphatic carbocycles. The van der Waals surface area contributed by atoms with Crippen molar-refractivity contribution in [1.82, 2.24) is 20.1 Å². The van der Waals surface area contributed by atoms with E-state index in [1.165, 1.54) is 12.8 Å². The van der Waals surface area contributed by atoms with Crippen molar-refractivity contribution < 1.29 is 9.47 Å². The lowest BCUT2D eigenvalue weighted by atomic mass is 9.99. The van der Waals surface area contributed by atoms with Gasteiger partial charge in [0, 0.05) is 6.20 Å². The predicted molar refractivity (Wildman–Crippen MR) is 81.5 cm³/mol. The molecule has 2 saturated heterocycles. The van der Waals surface area contributed by atoms with Crippen LogP contribution in [0.4, 0.5) is 0 Å². The zero-order chi connectivity index (χ0) is 14.8. The first-order valence-electron chi connectivity index (χ1n) is 7.85. The molecule has 0 radical (unpaired) electrons. The topological polar surface area (TPSA) is 64.5 Å². The van der Waals surface area contributed by atoms with Crippen LogP contribution in [0, 0.1) is 5.92 Å². The third-order valence-electron chi connectivity index (χ3n) is 4.20. The smallest absolute Gasteiger partial charge is 0.174 e. The minimum atomic E-state index is 0.0719. The van der Waals surface area contributed by atoms with Crippen molar-refractivity contribution in [2.24, 2.45) is 5.92 Å². The fourth-order valence-corrected chi connectivity index (χ4v) is 2.81. The summed E-state index contributed by atoms with van der Waals surface area (Å²) in [5.74, 6) is 1.48. The number of rotatable bonds is 5. The standard InChI is InChI=1S/C16H20N4O2/c1-2-14(15-5-8-19-20(15)16-11-22-16)18-9-13(1)21-10-12-3-6-17-7-4-12/h1-2,5,8-9,12,16-17H,3-4,6-7,10-11H2. The maximum atomic E-state index is 5.87. The van der Waals surface area contributed by atoms with E-state index in [-0.39, 0.29) is 6.23 Å².